The van der Waals surface area contributed by atoms with Crippen LogP contribution >= 0.6 is 11.8 Å². The number of furan rings is 1. The molecule has 0 aliphatic carbocycles. The number of aromatic nitrogens is 3. The topological polar surface area (TPSA) is 43.9 Å². The smallest absolute Gasteiger partial charge is 0.200 e. The highest BCUT2D eigenvalue weighted by Crippen LogP contribution is 2.27. The van der Waals surface area contributed by atoms with E-state index in [9.17, 15) is 0 Å². The molecule has 3 rings (SSSR count). The molecule has 0 aliphatic heterocycles. The van der Waals surface area contributed by atoms with Gasteiger partial charge in [-0.05, 0) is 37.1 Å². The molecule has 0 N–H and O–H groups in total. The van der Waals surface area contributed by atoms with E-state index in [0.717, 1.165) is 29.0 Å². The maximum Gasteiger partial charge on any atom is 0.200 e. The molecular weight excluding hydrogens is 282 g/mol. The molecule has 0 saturated heterocycles. The standard InChI is InChI=1S/C16H17N3OS/c1-3-19-15(14-9-6-10-20-14)17-18-16(19)21-11-13-8-5-4-7-12(13)2/h4-10H,3,11H2,1-2H3. The van der Waals surface area contributed by atoms with Crippen molar-refractivity contribution in [2.75, 3.05) is 0 Å². The maximum absolute atomic E-state index is 5.42. The quantitative estimate of drug-likeness (QED) is 0.664. The SMILES string of the molecule is CCn1c(SCc2ccccc2C)nnc1-c1ccco1. The molecule has 4 nitrogen and oxygen atoms in total. The summed E-state index contributed by atoms with van der Waals surface area (Å²) in [5.74, 6) is 2.44. The summed E-state index contributed by atoms with van der Waals surface area (Å²) in [5.41, 5.74) is 2.63. The highest BCUT2D eigenvalue weighted by atomic mass is 32.2. The molecule has 0 unspecified atom stereocenters. The Bertz CT molecular complexity index is 719. The lowest BCUT2D eigenvalue weighted by Crippen LogP contribution is -1.99. The Balaban J connectivity index is 1.82. The predicted molar refractivity (Wildman–Crippen MR) is 84.1 cm³/mol. The van der Waals surface area contributed by atoms with Gasteiger partial charge in [0, 0.05) is 12.3 Å². The van der Waals surface area contributed by atoms with Gasteiger partial charge in [0.2, 0.25) is 0 Å². The van der Waals surface area contributed by atoms with E-state index in [4.69, 9.17) is 4.42 Å². The van der Waals surface area contributed by atoms with E-state index < -0.39 is 0 Å². The summed E-state index contributed by atoms with van der Waals surface area (Å²) in [5, 5.41) is 9.49. The number of rotatable bonds is 5. The molecule has 2 aromatic heterocycles. The van der Waals surface area contributed by atoms with Crippen LogP contribution in [-0.4, -0.2) is 14.8 Å². The van der Waals surface area contributed by atoms with Gasteiger partial charge in [0.1, 0.15) is 0 Å². The minimum absolute atomic E-state index is 0.757. The van der Waals surface area contributed by atoms with Crippen molar-refractivity contribution < 1.29 is 4.42 Å². The van der Waals surface area contributed by atoms with Gasteiger partial charge in [-0.15, -0.1) is 10.2 Å². The summed E-state index contributed by atoms with van der Waals surface area (Å²) in [4.78, 5) is 0. The summed E-state index contributed by atoms with van der Waals surface area (Å²) < 4.78 is 7.51. The Labute approximate surface area is 128 Å². The molecule has 5 heteroatoms. The largest absolute Gasteiger partial charge is 0.461 e. The van der Waals surface area contributed by atoms with Crippen molar-refractivity contribution in [2.24, 2.45) is 0 Å². The van der Waals surface area contributed by atoms with Crippen LogP contribution in [0.15, 0.2) is 52.2 Å². The van der Waals surface area contributed by atoms with Gasteiger partial charge in [0.25, 0.3) is 0 Å². The minimum Gasteiger partial charge on any atom is -0.461 e. The monoisotopic (exact) mass is 299 g/mol. The van der Waals surface area contributed by atoms with Crippen molar-refractivity contribution in [3.8, 4) is 11.6 Å². The van der Waals surface area contributed by atoms with Gasteiger partial charge >= 0.3 is 0 Å². The van der Waals surface area contributed by atoms with E-state index in [1.807, 2.05) is 12.1 Å². The molecule has 0 atom stereocenters. The highest BCUT2D eigenvalue weighted by Gasteiger charge is 2.15. The van der Waals surface area contributed by atoms with Gasteiger partial charge in [-0.2, -0.15) is 0 Å². The molecule has 108 valence electrons. The second-order valence-corrected chi connectivity index (χ2v) is 5.69. The fraction of sp³-hybridized carbons (Fsp3) is 0.250. The first-order valence-electron chi connectivity index (χ1n) is 6.94. The van der Waals surface area contributed by atoms with Crippen LogP contribution in [0.1, 0.15) is 18.1 Å². The lowest BCUT2D eigenvalue weighted by molar-refractivity contribution is 0.567. The van der Waals surface area contributed by atoms with Gasteiger partial charge in [-0.3, -0.25) is 4.57 Å². The number of hydrogen-bond acceptors (Lipinski definition) is 4. The highest BCUT2D eigenvalue weighted by molar-refractivity contribution is 7.98. The molecule has 21 heavy (non-hydrogen) atoms. The Morgan fingerprint density at radius 2 is 2.00 bits per heavy atom. The van der Waals surface area contributed by atoms with Crippen molar-refractivity contribution in [1.82, 2.24) is 14.8 Å². The zero-order valence-electron chi connectivity index (χ0n) is 12.1. The predicted octanol–water partition coefficient (Wildman–Crippen LogP) is 4.16. The summed E-state index contributed by atoms with van der Waals surface area (Å²) in [6, 6.07) is 12.2. The fourth-order valence-electron chi connectivity index (χ4n) is 2.18. The molecule has 1 aromatic carbocycles. The van der Waals surface area contributed by atoms with Crippen LogP contribution in [0.25, 0.3) is 11.6 Å². The lowest BCUT2D eigenvalue weighted by Gasteiger charge is -2.07. The summed E-state index contributed by atoms with van der Waals surface area (Å²) in [6.07, 6.45) is 1.66. The summed E-state index contributed by atoms with van der Waals surface area (Å²) in [7, 11) is 0. The van der Waals surface area contributed by atoms with Gasteiger partial charge in [0.15, 0.2) is 16.7 Å². The lowest BCUT2D eigenvalue weighted by atomic mass is 10.1. The molecule has 0 bridgehead atoms. The van der Waals surface area contributed by atoms with E-state index in [1.165, 1.54) is 11.1 Å². The zero-order valence-corrected chi connectivity index (χ0v) is 12.9. The third-order valence-electron chi connectivity index (χ3n) is 3.39. The second kappa shape index (κ2) is 6.18. The van der Waals surface area contributed by atoms with Crippen LogP contribution < -0.4 is 0 Å². The van der Waals surface area contributed by atoms with Crippen molar-refractivity contribution in [2.45, 2.75) is 31.3 Å². The first-order chi connectivity index (χ1) is 10.3. The van der Waals surface area contributed by atoms with Crippen molar-refractivity contribution in [3.05, 3.63) is 53.8 Å². The number of thioether (sulfide) groups is 1. The number of hydrogen-bond donors (Lipinski definition) is 0. The van der Waals surface area contributed by atoms with Crippen molar-refractivity contribution >= 4 is 11.8 Å². The van der Waals surface area contributed by atoms with Gasteiger partial charge in [-0.25, -0.2) is 0 Å². The molecule has 0 aliphatic rings. The third kappa shape index (κ3) is 2.88. The van der Waals surface area contributed by atoms with Crippen LogP contribution in [0.3, 0.4) is 0 Å². The van der Waals surface area contributed by atoms with E-state index in [0.29, 0.717) is 0 Å². The Morgan fingerprint density at radius 3 is 2.71 bits per heavy atom. The first-order valence-corrected chi connectivity index (χ1v) is 7.92. The number of benzene rings is 1. The molecule has 2 heterocycles. The van der Waals surface area contributed by atoms with E-state index in [-0.39, 0.29) is 0 Å². The zero-order chi connectivity index (χ0) is 14.7. The molecule has 0 saturated carbocycles. The molecule has 0 amide bonds. The second-order valence-electron chi connectivity index (χ2n) is 4.74. The molecule has 0 fully saturated rings. The van der Waals surface area contributed by atoms with Crippen LogP contribution in [0.2, 0.25) is 0 Å². The molecule has 3 aromatic rings. The molecular formula is C16H17N3OS. The fourth-order valence-corrected chi connectivity index (χ4v) is 3.26. The average Bonchev–Trinajstić information content (AvgIpc) is 3.15. The summed E-state index contributed by atoms with van der Waals surface area (Å²) in [6.45, 7) is 5.04. The van der Waals surface area contributed by atoms with Crippen molar-refractivity contribution in [3.63, 3.8) is 0 Å². The number of nitrogens with zero attached hydrogens (tertiary/aromatic N) is 3. The van der Waals surface area contributed by atoms with Gasteiger partial charge in [-0.1, -0.05) is 36.0 Å². The Kier molecular flexibility index (Phi) is 4.10. The molecule has 0 spiro atoms. The van der Waals surface area contributed by atoms with Crippen LogP contribution in [0, 0.1) is 6.92 Å². The third-order valence-corrected chi connectivity index (χ3v) is 4.41. The van der Waals surface area contributed by atoms with Crippen LogP contribution in [0.4, 0.5) is 0 Å². The maximum atomic E-state index is 5.42. The molecule has 0 radical (unpaired) electrons. The van der Waals surface area contributed by atoms with Crippen LogP contribution in [0.5, 0.6) is 0 Å². The van der Waals surface area contributed by atoms with E-state index in [2.05, 4.69) is 52.9 Å². The van der Waals surface area contributed by atoms with Crippen molar-refractivity contribution in [1.29, 1.82) is 0 Å². The normalized spacial score (nSPS) is 11.0. The van der Waals surface area contributed by atoms with Gasteiger partial charge < -0.3 is 4.42 Å². The van der Waals surface area contributed by atoms with Gasteiger partial charge in [0.05, 0.1) is 6.26 Å². The van der Waals surface area contributed by atoms with E-state index >= 15 is 0 Å². The Morgan fingerprint density at radius 1 is 1.14 bits per heavy atom. The summed E-state index contributed by atoms with van der Waals surface area (Å²) >= 11 is 1.70. The Hall–Kier alpha value is -2.01. The van der Waals surface area contributed by atoms with Crippen LogP contribution in [-0.2, 0) is 12.3 Å². The first kappa shape index (κ1) is 13.9. The van der Waals surface area contributed by atoms with E-state index in [1.54, 1.807) is 18.0 Å². The minimum atomic E-state index is 0.757. The number of aryl methyl sites for hydroxylation is 1. The average molecular weight is 299 g/mol.